The van der Waals surface area contributed by atoms with Crippen LogP contribution in [0.25, 0.3) is 5.65 Å². The summed E-state index contributed by atoms with van der Waals surface area (Å²) in [5.41, 5.74) is 7.43. The summed E-state index contributed by atoms with van der Waals surface area (Å²) in [6.45, 7) is 4.58. The Labute approximate surface area is 294 Å². The fraction of sp³-hybridized carbons (Fsp3) is 0.375. The third kappa shape index (κ3) is 7.66. The summed E-state index contributed by atoms with van der Waals surface area (Å²) in [5.74, 6) is 1.17. The molecule has 0 spiro atoms. The van der Waals surface area contributed by atoms with Gasteiger partial charge in [-0.2, -0.15) is 0 Å². The van der Waals surface area contributed by atoms with Gasteiger partial charge >= 0.3 is 0 Å². The first-order chi connectivity index (χ1) is 24.4. The van der Waals surface area contributed by atoms with Crippen molar-refractivity contribution in [1.29, 1.82) is 0 Å². The number of morpholine rings is 1. The maximum absolute atomic E-state index is 15.1. The summed E-state index contributed by atoms with van der Waals surface area (Å²) < 4.78 is 48.0. The number of anilines is 1. The van der Waals surface area contributed by atoms with Crippen LogP contribution in [0.2, 0.25) is 0 Å². The fourth-order valence-electron chi connectivity index (χ4n) is 7.23. The molecular weight excluding hydrogens is 650 g/mol. The average Bonchev–Trinajstić information content (AvgIpc) is 3.48. The predicted molar refractivity (Wildman–Crippen MR) is 197 cm³/mol. The molecule has 10 heteroatoms. The molecule has 7 rings (SSSR count). The van der Waals surface area contributed by atoms with Crippen LogP contribution in [0.15, 0.2) is 89.9 Å². The van der Waals surface area contributed by atoms with Crippen molar-refractivity contribution >= 4 is 32.7 Å². The van der Waals surface area contributed by atoms with Crippen LogP contribution in [-0.4, -0.2) is 66.5 Å². The van der Waals surface area contributed by atoms with E-state index in [4.69, 9.17) is 19.8 Å². The van der Waals surface area contributed by atoms with Gasteiger partial charge in [-0.25, -0.2) is 27.3 Å². The molecule has 1 atom stereocenters. The van der Waals surface area contributed by atoms with Crippen molar-refractivity contribution in [2.75, 3.05) is 42.7 Å². The average molecular weight is 694 g/mol. The van der Waals surface area contributed by atoms with Gasteiger partial charge in [-0.05, 0) is 48.8 Å². The number of halogens is 1. The summed E-state index contributed by atoms with van der Waals surface area (Å²) in [6, 6.07) is 27.6. The normalized spacial score (nSPS) is 18.0. The third-order valence-corrected chi connectivity index (χ3v) is 11.7. The molecule has 5 aromatic rings. The molecule has 2 aromatic heterocycles. The Morgan fingerprint density at radius 1 is 0.920 bits per heavy atom. The van der Waals surface area contributed by atoms with Crippen LogP contribution in [0.3, 0.4) is 0 Å². The number of benzene rings is 3. The molecule has 1 unspecified atom stereocenters. The van der Waals surface area contributed by atoms with E-state index in [2.05, 4.69) is 29.2 Å². The van der Waals surface area contributed by atoms with Gasteiger partial charge in [-0.3, -0.25) is 0 Å². The molecule has 2 aliphatic heterocycles. The van der Waals surface area contributed by atoms with E-state index in [-0.39, 0.29) is 23.2 Å². The van der Waals surface area contributed by atoms with E-state index in [0.717, 1.165) is 52.4 Å². The van der Waals surface area contributed by atoms with Crippen molar-refractivity contribution in [3.63, 3.8) is 0 Å². The lowest BCUT2D eigenvalue weighted by atomic mass is 9.92. The molecule has 2 saturated heterocycles. The van der Waals surface area contributed by atoms with Crippen LogP contribution >= 0.6 is 0 Å². The molecule has 0 radical (unpaired) electrons. The highest BCUT2D eigenvalue weighted by atomic mass is 32.2. The number of fused-ring (bicyclic) bond motifs is 1. The summed E-state index contributed by atoms with van der Waals surface area (Å²) in [4.78, 5) is 12.9. The van der Waals surface area contributed by atoms with Crippen molar-refractivity contribution < 1.29 is 17.5 Å². The molecule has 0 N–H and O–H groups in total. The fourth-order valence-corrected chi connectivity index (χ4v) is 8.77. The van der Waals surface area contributed by atoms with Crippen LogP contribution in [0, 0.1) is 11.7 Å². The zero-order chi connectivity index (χ0) is 34.5. The third-order valence-electron chi connectivity index (χ3n) is 9.95. The minimum atomic E-state index is -3.07. The van der Waals surface area contributed by atoms with E-state index in [1.807, 2.05) is 60.0 Å². The van der Waals surface area contributed by atoms with Crippen molar-refractivity contribution in [2.45, 2.75) is 51.9 Å². The van der Waals surface area contributed by atoms with Gasteiger partial charge in [0.1, 0.15) is 21.3 Å². The van der Waals surface area contributed by atoms with E-state index < -0.39 is 9.84 Å². The van der Waals surface area contributed by atoms with Gasteiger partial charge in [0.15, 0.2) is 11.5 Å². The Hall–Kier alpha value is -4.41. The molecule has 0 saturated carbocycles. The second-order valence-electron chi connectivity index (χ2n) is 13.3. The Balaban J connectivity index is 1.44. The number of aromatic nitrogens is 3. The first-order valence-electron chi connectivity index (χ1n) is 17.8. The SMILES string of the molecule is CCc1c(F)cccc1Cc1c(CC2CCCCS(=O)(=O)CC2)nc2c(N=C(c3ccccc3)c3ccccc3)cc(N3CCOCC3)nn12. The van der Waals surface area contributed by atoms with Gasteiger partial charge in [0.2, 0.25) is 0 Å². The number of hydrogen-bond acceptors (Lipinski definition) is 7. The quantitative estimate of drug-likeness (QED) is 0.152. The van der Waals surface area contributed by atoms with Crippen molar-refractivity contribution in [2.24, 2.45) is 10.9 Å². The smallest absolute Gasteiger partial charge is 0.180 e. The van der Waals surface area contributed by atoms with Crippen LogP contribution in [0.4, 0.5) is 15.9 Å². The molecule has 4 heterocycles. The number of aliphatic imine (C=N–C) groups is 1. The number of hydrogen-bond donors (Lipinski definition) is 0. The second-order valence-corrected chi connectivity index (χ2v) is 15.6. The van der Waals surface area contributed by atoms with Gasteiger partial charge in [0.05, 0.1) is 41.8 Å². The number of imidazole rings is 1. The molecule has 8 nitrogen and oxygen atoms in total. The first-order valence-corrected chi connectivity index (χ1v) is 19.6. The highest BCUT2D eigenvalue weighted by Crippen LogP contribution is 2.33. The van der Waals surface area contributed by atoms with Crippen molar-refractivity contribution in [3.8, 4) is 0 Å². The van der Waals surface area contributed by atoms with Crippen molar-refractivity contribution in [3.05, 3.63) is 124 Å². The Bertz CT molecular complexity index is 2040. The van der Waals surface area contributed by atoms with Crippen LogP contribution in [-0.2, 0) is 33.8 Å². The van der Waals surface area contributed by atoms with E-state index in [9.17, 15) is 8.42 Å². The van der Waals surface area contributed by atoms with Gasteiger partial charge in [0.25, 0.3) is 0 Å². The highest BCUT2D eigenvalue weighted by Gasteiger charge is 2.26. The zero-order valence-electron chi connectivity index (χ0n) is 28.6. The van der Waals surface area contributed by atoms with E-state index >= 15 is 4.39 Å². The summed E-state index contributed by atoms with van der Waals surface area (Å²) >= 11 is 0. The summed E-state index contributed by atoms with van der Waals surface area (Å²) in [7, 11) is -3.07. The molecule has 0 aliphatic carbocycles. The molecule has 2 fully saturated rings. The largest absolute Gasteiger partial charge is 0.378 e. The zero-order valence-corrected chi connectivity index (χ0v) is 29.4. The van der Waals surface area contributed by atoms with Crippen LogP contribution < -0.4 is 4.90 Å². The predicted octanol–water partition coefficient (Wildman–Crippen LogP) is 7.17. The number of nitrogens with zero attached hydrogens (tertiary/aromatic N) is 5. The molecule has 3 aromatic carbocycles. The lowest BCUT2D eigenvalue weighted by molar-refractivity contribution is 0.122. The van der Waals surface area contributed by atoms with E-state index in [1.54, 1.807) is 6.07 Å². The minimum absolute atomic E-state index is 0.154. The molecule has 2 aliphatic rings. The van der Waals surface area contributed by atoms with Crippen LogP contribution in [0.5, 0.6) is 0 Å². The van der Waals surface area contributed by atoms with Gasteiger partial charge < -0.3 is 9.64 Å². The Kier molecular flexibility index (Phi) is 10.4. The Morgan fingerprint density at radius 2 is 1.64 bits per heavy atom. The maximum atomic E-state index is 15.1. The van der Waals surface area contributed by atoms with Crippen molar-refractivity contribution in [1.82, 2.24) is 14.6 Å². The second kappa shape index (κ2) is 15.2. The van der Waals surface area contributed by atoms with E-state index in [1.165, 1.54) is 6.07 Å². The van der Waals surface area contributed by atoms with Crippen LogP contribution in [0.1, 0.15) is 66.2 Å². The van der Waals surface area contributed by atoms with Gasteiger partial charge in [-0.1, -0.05) is 92.6 Å². The Morgan fingerprint density at radius 3 is 2.34 bits per heavy atom. The number of ether oxygens (including phenoxy) is 1. The lowest BCUT2D eigenvalue weighted by Crippen LogP contribution is -2.37. The molecule has 50 heavy (non-hydrogen) atoms. The van der Waals surface area contributed by atoms with Gasteiger partial charge in [0, 0.05) is 36.7 Å². The standard InChI is InChI=1S/C40H44FN5O3S/c1-2-33-32(17-11-18-34(33)41)27-37-35(26-29-12-9-10-24-50(47,48)25-19-29)43-40-36(28-38(44-46(37)40)45-20-22-49-23-21-45)42-39(30-13-5-3-6-14-30)31-15-7-4-8-16-31/h3-8,11,13-18,28-29H,2,9-10,12,19-27H2,1H3. The minimum Gasteiger partial charge on any atom is -0.378 e. The number of sulfone groups is 1. The summed E-state index contributed by atoms with van der Waals surface area (Å²) in [6.07, 6.45) is 4.70. The first kappa shape index (κ1) is 34.1. The van der Waals surface area contributed by atoms with Gasteiger partial charge in [-0.15, -0.1) is 5.10 Å². The number of rotatable bonds is 9. The molecular formula is C40H44FN5O3S. The maximum Gasteiger partial charge on any atom is 0.180 e. The summed E-state index contributed by atoms with van der Waals surface area (Å²) in [5, 5.41) is 5.22. The molecule has 0 amide bonds. The van der Waals surface area contributed by atoms with E-state index in [0.29, 0.717) is 75.3 Å². The monoisotopic (exact) mass is 693 g/mol. The highest BCUT2D eigenvalue weighted by molar-refractivity contribution is 7.91. The lowest BCUT2D eigenvalue weighted by Gasteiger charge is -2.28. The molecule has 0 bridgehead atoms. The molecule has 260 valence electrons. The topological polar surface area (TPSA) is 89.2 Å².